The number of carbonyl (C=O) groups is 1. The van der Waals surface area contributed by atoms with Gasteiger partial charge in [0.25, 0.3) is 0 Å². The quantitative estimate of drug-likeness (QED) is 0.843. The molecule has 0 bridgehead atoms. The van der Waals surface area contributed by atoms with Gasteiger partial charge < -0.3 is 15.1 Å². The highest BCUT2D eigenvalue weighted by atomic mass is 16.2. The molecule has 4 nitrogen and oxygen atoms in total. The van der Waals surface area contributed by atoms with Crippen molar-refractivity contribution in [2.45, 2.75) is 44.6 Å². The second-order valence-electron chi connectivity index (χ2n) is 6.58. The normalized spacial score (nSPS) is 29.9. The van der Waals surface area contributed by atoms with Gasteiger partial charge >= 0.3 is 6.03 Å². The number of carbonyl (C=O) groups excluding carboxylic acids is 1. The Hall–Kier alpha value is -0.770. The van der Waals surface area contributed by atoms with Crippen molar-refractivity contribution in [2.24, 2.45) is 11.8 Å². The molecule has 3 rings (SSSR count). The monoisotopic (exact) mass is 265 g/mol. The minimum absolute atomic E-state index is 0.269. The molecule has 2 heterocycles. The number of piperidine rings is 1. The van der Waals surface area contributed by atoms with Crippen LogP contribution in [0, 0.1) is 11.8 Å². The summed E-state index contributed by atoms with van der Waals surface area (Å²) in [4.78, 5) is 16.4. The Bertz CT molecular complexity index is 323. The Morgan fingerprint density at radius 2 is 1.95 bits per heavy atom. The molecule has 108 valence electrons. The number of nitrogens with zero attached hydrogens (tertiary/aromatic N) is 2. The topological polar surface area (TPSA) is 35.6 Å². The van der Waals surface area contributed by atoms with Crippen LogP contribution in [-0.2, 0) is 0 Å². The molecular weight excluding hydrogens is 238 g/mol. The van der Waals surface area contributed by atoms with Gasteiger partial charge in [-0.15, -0.1) is 0 Å². The van der Waals surface area contributed by atoms with Crippen molar-refractivity contribution in [3.05, 3.63) is 0 Å². The highest BCUT2D eigenvalue weighted by molar-refractivity contribution is 5.77. The predicted molar refractivity (Wildman–Crippen MR) is 76.1 cm³/mol. The van der Waals surface area contributed by atoms with Crippen LogP contribution in [-0.4, -0.2) is 55.1 Å². The van der Waals surface area contributed by atoms with Crippen molar-refractivity contribution in [1.82, 2.24) is 15.1 Å². The SMILES string of the molecule is CN1C(=O)N(CCC2CCNCC2)CC1C1CCC1. The smallest absolute Gasteiger partial charge is 0.320 e. The molecule has 3 fully saturated rings. The van der Waals surface area contributed by atoms with Crippen LogP contribution >= 0.6 is 0 Å². The van der Waals surface area contributed by atoms with Gasteiger partial charge in [-0.2, -0.15) is 0 Å². The van der Waals surface area contributed by atoms with Gasteiger partial charge in [-0.3, -0.25) is 0 Å². The van der Waals surface area contributed by atoms with E-state index in [1.807, 2.05) is 11.9 Å². The second kappa shape index (κ2) is 5.70. The zero-order valence-electron chi connectivity index (χ0n) is 12.1. The largest absolute Gasteiger partial charge is 0.323 e. The van der Waals surface area contributed by atoms with Crippen molar-refractivity contribution in [2.75, 3.05) is 33.2 Å². The lowest BCUT2D eigenvalue weighted by Gasteiger charge is -2.34. The standard InChI is InChI=1S/C15H27N3O/c1-17-14(13-3-2-4-13)11-18(15(17)19)10-7-12-5-8-16-9-6-12/h12-14,16H,2-11H2,1H3. The molecule has 0 aromatic heterocycles. The van der Waals surface area contributed by atoms with Crippen molar-refractivity contribution in [1.29, 1.82) is 0 Å². The summed E-state index contributed by atoms with van der Waals surface area (Å²) in [5.41, 5.74) is 0. The van der Waals surface area contributed by atoms with Crippen LogP contribution in [0.25, 0.3) is 0 Å². The number of hydrogen-bond acceptors (Lipinski definition) is 2. The van der Waals surface area contributed by atoms with Crippen LogP contribution in [0.3, 0.4) is 0 Å². The summed E-state index contributed by atoms with van der Waals surface area (Å²) in [7, 11) is 2.00. The predicted octanol–water partition coefficient (Wildman–Crippen LogP) is 1.91. The Labute approximate surface area is 116 Å². The van der Waals surface area contributed by atoms with Gasteiger partial charge in [-0.25, -0.2) is 4.79 Å². The molecule has 0 aromatic carbocycles. The number of hydrogen-bond donors (Lipinski definition) is 1. The van der Waals surface area contributed by atoms with E-state index in [9.17, 15) is 4.79 Å². The Balaban J connectivity index is 1.49. The summed E-state index contributed by atoms with van der Waals surface area (Å²) < 4.78 is 0. The van der Waals surface area contributed by atoms with Crippen molar-refractivity contribution < 1.29 is 4.79 Å². The van der Waals surface area contributed by atoms with E-state index in [-0.39, 0.29) is 6.03 Å². The molecule has 19 heavy (non-hydrogen) atoms. The fourth-order valence-electron chi connectivity index (χ4n) is 3.78. The van der Waals surface area contributed by atoms with Crippen LogP contribution in [0.2, 0.25) is 0 Å². The van der Waals surface area contributed by atoms with Gasteiger partial charge in [-0.1, -0.05) is 6.42 Å². The third kappa shape index (κ3) is 2.73. The summed E-state index contributed by atoms with van der Waals surface area (Å²) in [5.74, 6) is 1.60. The molecule has 2 saturated heterocycles. The van der Waals surface area contributed by atoms with Crippen LogP contribution in [0.5, 0.6) is 0 Å². The van der Waals surface area contributed by atoms with Crippen molar-refractivity contribution >= 4 is 6.03 Å². The molecule has 4 heteroatoms. The molecule has 1 saturated carbocycles. The van der Waals surface area contributed by atoms with Gasteiger partial charge in [-0.05, 0) is 57.0 Å². The average Bonchev–Trinajstić information content (AvgIpc) is 2.64. The van der Waals surface area contributed by atoms with E-state index in [1.54, 1.807) is 0 Å². The van der Waals surface area contributed by atoms with Crippen LogP contribution in [0.4, 0.5) is 4.79 Å². The zero-order valence-corrected chi connectivity index (χ0v) is 12.1. The summed E-state index contributed by atoms with van der Waals surface area (Å²) in [6, 6.07) is 0.764. The molecule has 0 radical (unpaired) electrons. The molecule has 1 atom stereocenters. The zero-order chi connectivity index (χ0) is 13.2. The van der Waals surface area contributed by atoms with E-state index in [0.717, 1.165) is 38.0 Å². The third-order valence-electron chi connectivity index (χ3n) is 5.44. The summed E-state index contributed by atoms with van der Waals surface area (Å²) >= 11 is 0. The Morgan fingerprint density at radius 3 is 2.58 bits per heavy atom. The van der Waals surface area contributed by atoms with Gasteiger partial charge in [0, 0.05) is 20.1 Å². The Kier molecular flexibility index (Phi) is 3.96. The van der Waals surface area contributed by atoms with Crippen molar-refractivity contribution in [3.8, 4) is 0 Å². The maximum absolute atomic E-state index is 12.3. The van der Waals surface area contributed by atoms with E-state index in [0.29, 0.717) is 6.04 Å². The lowest BCUT2D eigenvalue weighted by atomic mass is 9.79. The average molecular weight is 265 g/mol. The lowest BCUT2D eigenvalue weighted by molar-refractivity contribution is 0.163. The lowest BCUT2D eigenvalue weighted by Crippen LogP contribution is -2.39. The summed E-state index contributed by atoms with van der Waals surface area (Å²) in [6.45, 7) is 4.26. The molecule has 2 amide bonds. The minimum atomic E-state index is 0.269. The minimum Gasteiger partial charge on any atom is -0.323 e. The third-order valence-corrected chi connectivity index (χ3v) is 5.44. The Morgan fingerprint density at radius 1 is 1.21 bits per heavy atom. The van der Waals surface area contributed by atoms with Crippen LogP contribution < -0.4 is 5.32 Å². The molecule has 1 aliphatic carbocycles. The maximum Gasteiger partial charge on any atom is 0.320 e. The number of urea groups is 1. The second-order valence-corrected chi connectivity index (χ2v) is 6.58. The van der Waals surface area contributed by atoms with Crippen LogP contribution in [0.1, 0.15) is 38.5 Å². The summed E-state index contributed by atoms with van der Waals surface area (Å²) in [6.07, 6.45) is 7.76. The van der Waals surface area contributed by atoms with E-state index in [2.05, 4.69) is 10.2 Å². The van der Waals surface area contributed by atoms with E-state index < -0.39 is 0 Å². The number of rotatable bonds is 4. The van der Waals surface area contributed by atoms with Crippen LogP contribution in [0.15, 0.2) is 0 Å². The maximum atomic E-state index is 12.3. The highest BCUT2D eigenvalue weighted by Crippen LogP contribution is 2.35. The van der Waals surface area contributed by atoms with E-state index in [1.165, 1.54) is 38.5 Å². The summed E-state index contributed by atoms with van der Waals surface area (Å²) in [5, 5.41) is 3.41. The molecular formula is C15H27N3O. The van der Waals surface area contributed by atoms with Gasteiger partial charge in [0.1, 0.15) is 0 Å². The molecule has 1 unspecified atom stereocenters. The van der Waals surface area contributed by atoms with Gasteiger partial charge in [0.2, 0.25) is 0 Å². The molecule has 1 N–H and O–H groups in total. The number of likely N-dealkylation sites (N-methyl/N-ethyl adjacent to an activating group) is 1. The van der Waals surface area contributed by atoms with Gasteiger partial charge in [0.15, 0.2) is 0 Å². The fraction of sp³-hybridized carbons (Fsp3) is 0.933. The van der Waals surface area contributed by atoms with E-state index in [4.69, 9.17) is 0 Å². The van der Waals surface area contributed by atoms with Crippen molar-refractivity contribution in [3.63, 3.8) is 0 Å². The highest BCUT2D eigenvalue weighted by Gasteiger charge is 2.40. The first-order valence-corrected chi connectivity index (χ1v) is 7.98. The first-order chi connectivity index (χ1) is 9.25. The molecule has 0 aromatic rings. The number of nitrogens with one attached hydrogen (secondary N) is 1. The van der Waals surface area contributed by atoms with Gasteiger partial charge in [0.05, 0.1) is 6.04 Å². The number of amides is 2. The molecule has 0 spiro atoms. The van der Waals surface area contributed by atoms with E-state index >= 15 is 0 Å². The fourth-order valence-corrected chi connectivity index (χ4v) is 3.78. The first kappa shape index (κ1) is 13.2. The molecule has 3 aliphatic rings. The molecule has 2 aliphatic heterocycles. The first-order valence-electron chi connectivity index (χ1n) is 7.98.